The monoisotopic (exact) mass is 407 g/mol. The number of rotatable bonds is 6. The normalized spacial score (nSPS) is 10.9. The third-order valence-electron chi connectivity index (χ3n) is 4.12. The maximum Gasteiger partial charge on any atom is 0.289 e. The third-order valence-corrected chi connectivity index (χ3v) is 4.67. The van der Waals surface area contributed by atoms with Gasteiger partial charge in [-0.05, 0) is 42.8 Å². The Bertz CT molecular complexity index is 946. The van der Waals surface area contributed by atoms with Gasteiger partial charge in [-0.15, -0.1) is 0 Å². The molecule has 1 aromatic carbocycles. The number of hydrogen-bond acceptors (Lipinski definition) is 4. The Hall–Kier alpha value is -2.44. The van der Waals surface area contributed by atoms with Gasteiger partial charge in [-0.3, -0.25) is 9.48 Å². The molecular formula is C19H19Cl2N3O3. The standard InChI is InChI=1S/C19H19Cl2N3O3/c1-12-8-13(20)4-6-17(12)26-11-14-5-7-18(27-14)19(25)23(2)10-16-15(21)9-22-24(16)3/h4-9H,10-11H2,1-3H3. The smallest absolute Gasteiger partial charge is 0.289 e. The Morgan fingerprint density at radius 1 is 1.30 bits per heavy atom. The van der Waals surface area contributed by atoms with Gasteiger partial charge in [0.15, 0.2) is 5.76 Å². The zero-order valence-electron chi connectivity index (χ0n) is 15.2. The summed E-state index contributed by atoms with van der Waals surface area (Å²) < 4.78 is 13.0. The first-order chi connectivity index (χ1) is 12.8. The average Bonchev–Trinajstić information content (AvgIpc) is 3.22. The number of nitrogens with zero attached hydrogens (tertiary/aromatic N) is 3. The lowest BCUT2D eigenvalue weighted by atomic mass is 10.2. The van der Waals surface area contributed by atoms with Crippen molar-refractivity contribution in [3.8, 4) is 5.75 Å². The molecule has 0 bridgehead atoms. The molecule has 0 spiro atoms. The first kappa shape index (κ1) is 19.3. The summed E-state index contributed by atoms with van der Waals surface area (Å²) in [5, 5.41) is 5.24. The third kappa shape index (κ3) is 4.46. The van der Waals surface area contributed by atoms with E-state index in [1.54, 1.807) is 49.2 Å². The van der Waals surface area contributed by atoms with Crippen LogP contribution in [0.2, 0.25) is 10.0 Å². The van der Waals surface area contributed by atoms with Gasteiger partial charge in [0.25, 0.3) is 5.91 Å². The molecule has 3 rings (SSSR count). The Morgan fingerprint density at radius 3 is 2.74 bits per heavy atom. The summed E-state index contributed by atoms with van der Waals surface area (Å²) in [5.41, 5.74) is 1.68. The second-order valence-electron chi connectivity index (χ2n) is 6.19. The molecule has 0 aliphatic rings. The maximum atomic E-state index is 12.6. The fraction of sp³-hybridized carbons (Fsp3) is 0.263. The summed E-state index contributed by atoms with van der Waals surface area (Å²) >= 11 is 12.0. The molecule has 0 saturated heterocycles. The number of halogens is 2. The minimum atomic E-state index is -0.249. The highest BCUT2D eigenvalue weighted by Crippen LogP contribution is 2.23. The van der Waals surface area contributed by atoms with E-state index < -0.39 is 0 Å². The lowest BCUT2D eigenvalue weighted by Crippen LogP contribution is -2.27. The summed E-state index contributed by atoms with van der Waals surface area (Å²) in [7, 11) is 3.46. The lowest BCUT2D eigenvalue weighted by Gasteiger charge is -2.16. The minimum absolute atomic E-state index is 0.215. The summed E-state index contributed by atoms with van der Waals surface area (Å²) in [4.78, 5) is 14.1. The van der Waals surface area contributed by atoms with E-state index in [-0.39, 0.29) is 18.3 Å². The van der Waals surface area contributed by atoms with Gasteiger partial charge < -0.3 is 14.1 Å². The van der Waals surface area contributed by atoms with Gasteiger partial charge in [0, 0.05) is 19.1 Å². The van der Waals surface area contributed by atoms with Crippen LogP contribution in [0.3, 0.4) is 0 Å². The number of hydrogen-bond donors (Lipinski definition) is 0. The number of furan rings is 1. The highest BCUT2D eigenvalue weighted by atomic mass is 35.5. The molecule has 2 heterocycles. The molecule has 8 heteroatoms. The van der Waals surface area contributed by atoms with E-state index in [0.717, 1.165) is 11.3 Å². The van der Waals surface area contributed by atoms with Crippen molar-refractivity contribution in [3.05, 3.63) is 69.4 Å². The summed E-state index contributed by atoms with van der Waals surface area (Å²) in [6, 6.07) is 8.75. The van der Waals surface area contributed by atoms with Gasteiger partial charge in [0.2, 0.25) is 0 Å². The van der Waals surface area contributed by atoms with Crippen LogP contribution in [-0.2, 0) is 20.2 Å². The van der Waals surface area contributed by atoms with Crippen molar-refractivity contribution in [2.75, 3.05) is 7.05 Å². The molecule has 0 radical (unpaired) electrons. The van der Waals surface area contributed by atoms with E-state index in [2.05, 4.69) is 5.10 Å². The number of ether oxygens (including phenoxy) is 1. The molecule has 3 aromatic rings. The molecule has 0 aliphatic carbocycles. The predicted octanol–water partition coefficient (Wildman–Crippen LogP) is 4.48. The SMILES string of the molecule is Cc1cc(Cl)ccc1OCc1ccc(C(=O)N(C)Cc2c(Cl)cnn2C)o1. The zero-order valence-corrected chi connectivity index (χ0v) is 16.7. The molecule has 0 unspecified atom stereocenters. The summed E-state index contributed by atoms with van der Waals surface area (Å²) in [6.45, 7) is 2.45. The first-order valence-corrected chi connectivity index (χ1v) is 9.00. The van der Waals surface area contributed by atoms with Gasteiger partial charge >= 0.3 is 0 Å². The topological polar surface area (TPSA) is 60.5 Å². The molecule has 1 amide bonds. The van der Waals surface area contributed by atoms with Crippen molar-refractivity contribution in [1.29, 1.82) is 0 Å². The van der Waals surface area contributed by atoms with Crippen LogP contribution >= 0.6 is 23.2 Å². The summed E-state index contributed by atoms with van der Waals surface area (Å²) in [6.07, 6.45) is 1.55. The van der Waals surface area contributed by atoms with E-state index in [1.165, 1.54) is 4.90 Å². The quantitative estimate of drug-likeness (QED) is 0.604. The highest BCUT2D eigenvalue weighted by molar-refractivity contribution is 6.31. The molecule has 0 atom stereocenters. The van der Waals surface area contributed by atoms with Crippen molar-refractivity contribution in [2.45, 2.75) is 20.1 Å². The minimum Gasteiger partial charge on any atom is -0.485 e. The second kappa shape index (κ2) is 8.06. The van der Waals surface area contributed by atoms with E-state index in [9.17, 15) is 4.79 Å². The van der Waals surface area contributed by atoms with Crippen molar-refractivity contribution >= 4 is 29.1 Å². The van der Waals surface area contributed by atoms with Gasteiger partial charge in [-0.2, -0.15) is 5.10 Å². The molecule has 0 fully saturated rings. The molecule has 27 heavy (non-hydrogen) atoms. The van der Waals surface area contributed by atoms with Crippen LogP contribution in [0.5, 0.6) is 5.75 Å². The molecule has 0 N–H and O–H groups in total. The van der Waals surface area contributed by atoms with E-state index in [0.29, 0.717) is 28.1 Å². The van der Waals surface area contributed by atoms with Crippen molar-refractivity contribution < 1.29 is 13.9 Å². The molecule has 0 saturated carbocycles. The van der Waals surface area contributed by atoms with Crippen LogP contribution in [-0.4, -0.2) is 27.6 Å². The number of carbonyl (C=O) groups is 1. The van der Waals surface area contributed by atoms with Crippen LogP contribution in [0.15, 0.2) is 40.9 Å². The number of aryl methyl sites for hydroxylation is 2. The van der Waals surface area contributed by atoms with Gasteiger partial charge in [0.1, 0.15) is 18.1 Å². The number of aromatic nitrogens is 2. The van der Waals surface area contributed by atoms with Crippen LogP contribution in [0.4, 0.5) is 0 Å². The molecule has 0 aliphatic heterocycles. The molecule has 142 valence electrons. The predicted molar refractivity (Wildman–Crippen MR) is 103 cm³/mol. The van der Waals surface area contributed by atoms with Crippen LogP contribution in [0.1, 0.15) is 27.6 Å². The van der Waals surface area contributed by atoms with Crippen molar-refractivity contribution in [1.82, 2.24) is 14.7 Å². The molecule has 6 nitrogen and oxygen atoms in total. The average molecular weight is 408 g/mol. The Morgan fingerprint density at radius 2 is 2.07 bits per heavy atom. The Labute approximate surface area is 167 Å². The maximum absolute atomic E-state index is 12.6. The number of amides is 1. The van der Waals surface area contributed by atoms with Crippen molar-refractivity contribution in [3.63, 3.8) is 0 Å². The van der Waals surface area contributed by atoms with Crippen molar-refractivity contribution in [2.24, 2.45) is 7.05 Å². The molecular weight excluding hydrogens is 389 g/mol. The van der Waals surface area contributed by atoms with Gasteiger partial charge in [0.05, 0.1) is 23.5 Å². The number of benzene rings is 1. The molecule has 2 aromatic heterocycles. The van der Waals surface area contributed by atoms with Gasteiger partial charge in [-0.1, -0.05) is 23.2 Å². The first-order valence-electron chi connectivity index (χ1n) is 8.24. The fourth-order valence-corrected chi connectivity index (χ4v) is 3.04. The second-order valence-corrected chi connectivity index (χ2v) is 7.03. The van der Waals surface area contributed by atoms with E-state index >= 15 is 0 Å². The van der Waals surface area contributed by atoms with Crippen LogP contribution < -0.4 is 4.74 Å². The van der Waals surface area contributed by atoms with E-state index in [4.69, 9.17) is 32.4 Å². The Kier molecular flexibility index (Phi) is 5.77. The highest BCUT2D eigenvalue weighted by Gasteiger charge is 2.19. The Balaban J connectivity index is 1.63. The summed E-state index contributed by atoms with van der Waals surface area (Å²) in [5.74, 6) is 1.26. The fourth-order valence-electron chi connectivity index (χ4n) is 2.59. The lowest BCUT2D eigenvalue weighted by molar-refractivity contribution is 0.0746. The zero-order chi connectivity index (χ0) is 19.6. The van der Waals surface area contributed by atoms with E-state index in [1.807, 2.05) is 13.0 Å². The number of carbonyl (C=O) groups excluding carboxylic acids is 1. The largest absolute Gasteiger partial charge is 0.485 e. The van der Waals surface area contributed by atoms with Crippen LogP contribution in [0, 0.1) is 6.92 Å². The van der Waals surface area contributed by atoms with Crippen LogP contribution in [0.25, 0.3) is 0 Å². The van der Waals surface area contributed by atoms with Gasteiger partial charge in [-0.25, -0.2) is 0 Å².